The van der Waals surface area contributed by atoms with E-state index < -0.39 is 10.0 Å². The molecule has 1 N–H and O–H groups in total. The van der Waals surface area contributed by atoms with Crippen molar-refractivity contribution in [2.24, 2.45) is 0 Å². The second kappa shape index (κ2) is 8.01. The van der Waals surface area contributed by atoms with E-state index in [-0.39, 0.29) is 4.90 Å². The van der Waals surface area contributed by atoms with Crippen LogP contribution in [0.3, 0.4) is 0 Å². The summed E-state index contributed by atoms with van der Waals surface area (Å²) in [4.78, 5) is 13.3. The first kappa shape index (κ1) is 18.6. The number of carbonyl (C=O) groups excluding carboxylic acids is 1. The third-order valence-corrected chi connectivity index (χ3v) is 6.17. The van der Waals surface area contributed by atoms with Gasteiger partial charge >= 0.3 is 0 Å². The van der Waals surface area contributed by atoms with Gasteiger partial charge in [-0.25, -0.2) is 8.42 Å². The van der Waals surface area contributed by atoms with Gasteiger partial charge in [-0.3, -0.25) is 9.52 Å². The summed E-state index contributed by atoms with van der Waals surface area (Å²) in [5.74, 6) is 0.517. The summed E-state index contributed by atoms with van der Waals surface area (Å²) in [5, 5.41) is 0. The zero-order chi connectivity index (χ0) is 18.6. The highest BCUT2D eigenvalue weighted by atomic mass is 32.2. The van der Waals surface area contributed by atoms with Gasteiger partial charge in [0.1, 0.15) is 6.29 Å². The molecule has 0 aromatic heterocycles. The molecular weight excluding hydrogens is 348 g/mol. The van der Waals surface area contributed by atoms with Crippen LogP contribution in [0.15, 0.2) is 53.4 Å². The molecule has 0 aliphatic carbocycles. The number of hydrogen-bond donors (Lipinski definition) is 1. The number of nitrogens with one attached hydrogen (secondary N) is 1. The number of rotatable bonds is 7. The number of likely N-dealkylation sites (tertiary alicyclic amines) is 1. The molecule has 1 unspecified atom stereocenters. The number of hydrogen-bond acceptors (Lipinski definition) is 4. The number of aldehydes is 1. The molecule has 1 saturated heterocycles. The summed E-state index contributed by atoms with van der Waals surface area (Å²) < 4.78 is 27.5. The molecule has 1 aliphatic rings. The first-order valence-electron chi connectivity index (χ1n) is 8.92. The number of sulfonamides is 1. The van der Waals surface area contributed by atoms with Crippen molar-refractivity contribution in [1.29, 1.82) is 0 Å². The fourth-order valence-electron chi connectivity index (χ4n) is 3.39. The lowest BCUT2D eigenvalue weighted by atomic mass is 9.98. The lowest BCUT2D eigenvalue weighted by molar-refractivity contribution is 0.112. The van der Waals surface area contributed by atoms with Crippen molar-refractivity contribution in [3.8, 4) is 0 Å². The van der Waals surface area contributed by atoms with Gasteiger partial charge in [0, 0.05) is 17.8 Å². The Morgan fingerprint density at radius 1 is 1.12 bits per heavy atom. The Morgan fingerprint density at radius 3 is 2.42 bits per heavy atom. The molecule has 26 heavy (non-hydrogen) atoms. The summed E-state index contributed by atoms with van der Waals surface area (Å²) in [6, 6.07) is 13.5. The Kier molecular flexibility index (Phi) is 5.74. The van der Waals surface area contributed by atoms with Crippen LogP contribution < -0.4 is 4.72 Å². The molecule has 5 nitrogen and oxygen atoms in total. The highest BCUT2D eigenvalue weighted by Crippen LogP contribution is 2.28. The van der Waals surface area contributed by atoms with Crippen molar-refractivity contribution >= 4 is 22.0 Å². The quantitative estimate of drug-likeness (QED) is 0.756. The molecule has 6 heteroatoms. The maximum Gasteiger partial charge on any atom is 0.261 e. The van der Waals surface area contributed by atoms with Crippen molar-refractivity contribution in [2.75, 3.05) is 24.4 Å². The van der Waals surface area contributed by atoms with Gasteiger partial charge in [0.2, 0.25) is 0 Å². The van der Waals surface area contributed by atoms with Crippen molar-refractivity contribution in [2.45, 2.75) is 30.6 Å². The highest BCUT2D eigenvalue weighted by Gasteiger charge is 2.23. The number of nitrogens with zero attached hydrogens (tertiary/aromatic N) is 1. The molecular formula is C20H24N2O3S. The Hall–Kier alpha value is -2.18. The maximum absolute atomic E-state index is 12.5. The fraction of sp³-hybridized carbons (Fsp3) is 0.350. The highest BCUT2D eigenvalue weighted by molar-refractivity contribution is 7.92. The van der Waals surface area contributed by atoms with Crippen molar-refractivity contribution in [3.05, 3.63) is 59.7 Å². The van der Waals surface area contributed by atoms with E-state index in [4.69, 9.17) is 0 Å². The van der Waals surface area contributed by atoms with Crippen LogP contribution in [-0.2, 0) is 10.0 Å². The topological polar surface area (TPSA) is 66.5 Å². The predicted molar refractivity (Wildman–Crippen MR) is 103 cm³/mol. The minimum Gasteiger partial charge on any atom is -0.303 e. The minimum absolute atomic E-state index is 0.137. The maximum atomic E-state index is 12.5. The van der Waals surface area contributed by atoms with E-state index >= 15 is 0 Å². The van der Waals surface area contributed by atoms with Gasteiger partial charge in [-0.15, -0.1) is 0 Å². The van der Waals surface area contributed by atoms with Gasteiger partial charge in [0.25, 0.3) is 10.0 Å². The molecule has 0 saturated carbocycles. The number of benzene rings is 2. The fourth-order valence-corrected chi connectivity index (χ4v) is 4.45. The van der Waals surface area contributed by atoms with Gasteiger partial charge in [-0.05, 0) is 61.7 Å². The number of carbonyl (C=O) groups is 1. The van der Waals surface area contributed by atoms with E-state index in [9.17, 15) is 13.2 Å². The largest absolute Gasteiger partial charge is 0.303 e. The molecule has 0 spiro atoms. The van der Waals surface area contributed by atoms with E-state index in [1.165, 1.54) is 36.2 Å². The number of anilines is 1. The van der Waals surface area contributed by atoms with Gasteiger partial charge < -0.3 is 4.90 Å². The summed E-state index contributed by atoms with van der Waals surface area (Å²) >= 11 is 0. The lowest BCUT2D eigenvalue weighted by Gasteiger charge is -2.15. The van der Waals surface area contributed by atoms with Crippen molar-refractivity contribution in [3.63, 3.8) is 0 Å². The summed E-state index contributed by atoms with van der Waals surface area (Å²) in [6.07, 6.45) is 3.00. The average molecular weight is 372 g/mol. The molecule has 2 aromatic carbocycles. The molecule has 3 rings (SSSR count). The second-order valence-electron chi connectivity index (χ2n) is 6.70. The molecule has 1 fully saturated rings. The van der Waals surface area contributed by atoms with Crippen LogP contribution in [-0.4, -0.2) is 39.2 Å². The Bertz CT molecular complexity index is 846. The van der Waals surface area contributed by atoms with Gasteiger partial charge in [0.15, 0.2) is 0 Å². The average Bonchev–Trinajstić information content (AvgIpc) is 3.11. The monoisotopic (exact) mass is 372 g/mol. The SMILES string of the molecule is CCCN1CCC(c2ccc(NS(=O)(=O)c3ccc(C=O)cc3)cc2)C1. The molecule has 0 amide bonds. The zero-order valence-electron chi connectivity index (χ0n) is 14.9. The third kappa shape index (κ3) is 4.31. The van der Waals surface area contributed by atoms with E-state index in [0.29, 0.717) is 23.5 Å². The van der Waals surface area contributed by atoms with Crippen molar-refractivity contribution < 1.29 is 13.2 Å². The molecule has 0 radical (unpaired) electrons. The van der Waals surface area contributed by atoms with Gasteiger partial charge in [-0.1, -0.05) is 31.2 Å². The van der Waals surface area contributed by atoms with Crippen LogP contribution >= 0.6 is 0 Å². The van der Waals surface area contributed by atoms with Crippen LogP contribution in [0.2, 0.25) is 0 Å². The van der Waals surface area contributed by atoms with Crippen LogP contribution in [0.5, 0.6) is 0 Å². The van der Waals surface area contributed by atoms with E-state index in [1.54, 1.807) is 0 Å². The van der Waals surface area contributed by atoms with E-state index in [2.05, 4.69) is 16.5 Å². The first-order valence-corrected chi connectivity index (χ1v) is 10.4. The van der Waals surface area contributed by atoms with Gasteiger partial charge in [0.05, 0.1) is 4.90 Å². The molecule has 2 aromatic rings. The molecule has 1 aliphatic heterocycles. The predicted octanol–water partition coefficient (Wildman–Crippen LogP) is 3.50. The normalized spacial score (nSPS) is 18.0. The zero-order valence-corrected chi connectivity index (χ0v) is 15.7. The first-order chi connectivity index (χ1) is 12.5. The van der Waals surface area contributed by atoms with E-state index in [0.717, 1.165) is 26.1 Å². The smallest absolute Gasteiger partial charge is 0.261 e. The van der Waals surface area contributed by atoms with Gasteiger partial charge in [-0.2, -0.15) is 0 Å². The Balaban J connectivity index is 1.67. The van der Waals surface area contributed by atoms with Crippen LogP contribution in [0.4, 0.5) is 5.69 Å². The molecule has 0 bridgehead atoms. The summed E-state index contributed by atoms with van der Waals surface area (Å²) in [5.41, 5.74) is 2.24. The molecule has 1 atom stereocenters. The lowest BCUT2D eigenvalue weighted by Crippen LogP contribution is -2.20. The van der Waals surface area contributed by atoms with Crippen molar-refractivity contribution in [1.82, 2.24) is 4.90 Å². The Morgan fingerprint density at radius 2 is 1.81 bits per heavy atom. The van der Waals surface area contributed by atoms with Crippen LogP contribution in [0.25, 0.3) is 0 Å². The molecule has 138 valence electrons. The third-order valence-electron chi connectivity index (χ3n) is 4.77. The molecule has 1 heterocycles. The minimum atomic E-state index is -3.66. The van der Waals surface area contributed by atoms with Crippen LogP contribution in [0.1, 0.15) is 41.6 Å². The van der Waals surface area contributed by atoms with E-state index in [1.807, 2.05) is 24.3 Å². The standard InChI is InChI=1S/C20H24N2O3S/c1-2-12-22-13-11-18(14-22)17-5-7-19(8-6-17)21-26(24,25)20-9-3-16(15-23)4-10-20/h3-10,15,18,21H,2,11-14H2,1H3. The van der Waals surface area contributed by atoms with Crippen LogP contribution in [0, 0.1) is 0 Å². The summed E-state index contributed by atoms with van der Waals surface area (Å²) in [6.45, 7) is 5.53. The Labute approximate surface area is 155 Å². The second-order valence-corrected chi connectivity index (χ2v) is 8.38. The summed E-state index contributed by atoms with van der Waals surface area (Å²) in [7, 11) is -3.66.